The maximum absolute atomic E-state index is 11.1. The number of hydrogen-bond donors (Lipinski definition) is 1. The smallest absolute Gasteiger partial charge is 0.237 e. The molecule has 1 amide bonds. The average molecular weight is 196 g/mol. The molecule has 0 spiro atoms. The second-order valence-corrected chi connectivity index (χ2v) is 3.15. The highest BCUT2D eigenvalue weighted by Crippen LogP contribution is 1.90. The molecule has 0 bridgehead atoms. The van der Waals surface area contributed by atoms with E-state index in [2.05, 4.69) is 11.9 Å². The fraction of sp³-hybridized carbons (Fsp3) is 0.600. The third-order valence-electron chi connectivity index (χ3n) is 1.48. The van der Waals surface area contributed by atoms with Crippen molar-refractivity contribution < 1.29 is 9.53 Å². The summed E-state index contributed by atoms with van der Waals surface area (Å²) >= 11 is 0. The zero-order chi connectivity index (χ0) is 11.0. The summed E-state index contributed by atoms with van der Waals surface area (Å²) in [5, 5.41) is 11.0. The molecule has 14 heavy (non-hydrogen) atoms. The van der Waals surface area contributed by atoms with Crippen molar-refractivity contribution in [3.63, 3.8) is 0 Å². The van der Waals surface area contributed by atoms with Gasteiger partial charge in [-0.1, -0.05) is 12.2 Å². The summed E-state index contributed by atoms with van der Waals surface area (Å²) in [4.78, 5) is 11.1. The van der Waals surface area contributed by atoms with E-state index in [-0.39, 0.29) is 5.91 Å². The zero-order valence-corrected chi connectivity index (χ0v) is 8.67. The van der Waals surface area contributed by atoms with Crippen molar-refractivity contribution in [3.05, 3.63) is 12.2 Å². The van der Waals surface area contributed by atoms with E-state index >= 15 is 0 Å². The first-order valence-electron chi connectivity index (χ1n) is 4.47. The van der Waals surface area contributed by atoms with E-state index in [4.69, 9.17) is 10.00 Å². The van der Waals surface area contributed by atoms with Gasteiger partial charge in [-0.3, -0.25) is 4.79 Å². The molecule has 0 aromatic carbocycles. The normalized spacial score (nSPS) is 11.5. The predicted octanol–water partition coefficient (Wildman–Crippen LogP) is 0.855. The Hall–Kier alpha value is -1.34. The highest BCUT2D eigenvalue weighted by atomic mass is 16.5. The number of hydrogen-bond acceptors (Lipinski definition) is 3. The highest BCUT2D eigenvalue weighted by molar-refractivity contribution is 5.80. The van der Waals surface area contributed by atoms with E-state index in [9.17, 15) is 4.79 Å². The van der Waals surface area contributed by atoms with E-state index in [0.717, 1.165) is 5.57 Å². The molecule has 0 aliphatic carbocycles. The SMILES string of the molecule is C=C(C)COCCNC(=O)C(C)C#N. The fourth-order valence-electron chi connectivity index (χ4n) is 0.705. The molecule has 0 saturated heterocycles. The maximum Gasteiger partial charge on any atom is 0.237 e. The Morgan fingerprint density at radius 2 is 2.36 bits per heavy atom. The predicted molar refractivity (Wildman–Crippen MR) is 53.4 cm³/mol. The standard InChI is InChI=1S/C10H16N2O2/c1-8(2)7-14-5-4-12-10(13)9(3)6-11/h9H,1,4-5,7H2,2-3H3,(H,12,13). The van der Waals surface area contributed by atoms with Gasteiger partial charge in [0, 0.05) is 6.54 Å². The summed E-state index contributed by atoms with van der Waals surface area (Å²) in [6.07, 6.45) is 0. The van der Waals surface area contributed by atoms with Gasteiger partial charge in [0.15, 0.2) is 0 Å². The second-order valence-electron chi connectivity index (χ2n) is 3.15. The van der Waals surface area contributed by atoms with Gasteiger partial charge in [-0.05, 0) is 13.8 Å². The molecule has 1 N–H and O–H groups in total. The Bertz CT molecular complexity index is 243. The van der Waals surface area contributed by atoms with Crippen molar-refractivity contribution in [2.45, 2.75) is 13.8 Å². The monoisotopic (exact) mass is 196 g/mol. The number of nitrogens with zero attached hydrogens (tertiary/aromatic N) is 1. The van der Waals surface area contributed by atoms with Crippen LogP contribution in [0.15, 0.2) is 12.2 Å². The summed E-state index contributed by atoms with van der Waals surface area (Å²) in [6.45, 7) is 8.48. The van der Waals surface area contributed by atoms with E-state index < -0.39 is 5.92 Å². The summed E-state index contributed by atoms with van der Waals surface area (Å²) in [5.74, 6) is -0.859. The van der Waals surface area contributed by atoms with Crippen LogP contribution in [0.5, 0.6) is 0 Å². The lowest BCUT2D eigenvalue weighted by Crippen LogP contribution is -2.31. The van der Waals surface area contributed by atoms with E-state index in [1.54, 1.807) is 6.92 Å². The minimum Gasteiger partial charge on any atom is -0.375 e. The van der Waals surface area contributed by atoms with Crippen LogP contribution in [0.25, 0.3) is 0 Å². The fourth-order valence-corrected chi connectivity index (χ4v) is 0.705. The van der Waals surface area contributed by atoms with Crippen molar-refractivity contribution in [2.24, 2.45) is 5.92 Å². The van der Waals surface area contributed by atoms with Gasteiger partial charge in [-0.15, -0.1) is 0 Å². The van der Waals surface area contributed by atoms with E-state index in [0.29, 0.717) is 19.8 Å². The Balaban J connectivity index is 3.42. The first-order valence-corrected chi connectivity index (χ1v) is 4.47. The van der Waals surface area contributed by atoms with Crippen molar-refractivity contribution >= 4 is 5.91 Å². The van der Waals surface area contributed by atoms with Gasteiger partial charge in [0.1, 0.15) is 5.92 Å². The molecule has 78 valence electrons. The van der Waals surface area contributed by atoms with Crippen LogP contribution in [0.4, 0.5) is 0 Å². The first kappa shape index (κ1) is 12.7. The number of nitrogens with one attached hydrogen (secondary N) is 1. The van der Waals surface area contributed by atoms with E-state index in [1.807, 2.05) is 13.0 Å². The molecule has 0 rings (SSSR count). The number of nitriles is 1. The highest BCUT2D eigenvalue weighted by Gasteiger charge is 2.09. The van der Waals surface area contributed by atoms with Crippen LogP contribution in [0.2, 0.25) is 0 Å². The molecule has 1 atom stereocenters. The minimum atomic E-state index is -0.601. The Labute approximate surface area is 84.6 Å². The third-order valence-corrected chi connectivity index (χ3v) is 1.48. The van der Waals surface area contributed by atoms with Gasteiger partial charge in [-0.2, -0.15) is 5.26 Å². The quantitative estimate of drug-likeness (QED) is 0.506. The summed E-state index contributed by atoms with van der Waals surface area (Å²) < 4.78 is 5.16. The van der Waals surface area contributed by atoms with Crippen molar-refractivity contribution in [3.8, 4) is 6.07 Å². The lowest BCUT2D eigenvalue weighted by molar-refractivity contribution is -0.123. The van der Waals surface area contributed by atoms with Gasteiger partial charge >= 0.3 is 0 Å². The molecule has 4 heteroatoms. The van der Waals surface area contributed by atoms with Crippen LogP contribution >= 0.6 is 0 Å². The van der Waals surface area contributed by atoms with Crippen LogP contribution in [0, 0.1) is 17.2 Å². The molecule has 4 nitrogen and oxygen atoms in total. The topological polar surface area (TPSA) is 62.1 Å². The lowest BCUT2D eigenvalue weighted by atomic mass is 10.2. The number of carbonyl (C=O) groups is 1. The third kappa shape index (κ3) is 6.21. The first-order chi connectivity index (χ1) is 6.57. The van der Waals surface area contributed by atoms with Gasteiger partial charge in [0.05, 0.1) is 19.3 Å². The van der Waals surface area contributed by atoms with Crippen LogP contribution < -0.4 is 5.32 Å². The molecule has 1 unspecified atom stereocenters. The zero-order valence-electron chi connectivity index (χ0n) is 8.67. The maximum atomic E-state index is 11.1. The minimum absolute atomic E-state index is 0.258. The molecule has 0 aromatic heterocycles. The molecule has 0 fully saturated rings. The number of rotatable bonds is 6. The number of carbonyl (C=O) groups excluding carboxylic acids is 1. The summed E-state index contributed by atoms with van der Waals surface area (Å²) in [7, 11) is 0. The average Bonchev–Trinajstić information content (AvgIpc) is 2.15. The largest absolute Gasteiger partial charge is 0.375 e. The van der Waals surface area contributed by atoms with Crippen LogP contribution in [0.3, 0.4) is 0 Å². The molecule has 0 saturated carbocycles. The van der Waals surface area contributed by atoms with Gasteiger partial charge < -0.3 is 10.1 Å². The van der Waals surface area contributed by atoms with Gasteiger partial charge in [0.2, 0.25) is 5.91 Å². The van der Waals surface area contributed by atoms with Crippen LogP contribution in [0.1, 0.15) is 13.8 Å². The van der Waals surface area contributed by atoms with E-state index in [1.165, 1.54) is 0 Å². The Morgan fingerprint density at radius 1 is 1.71 bits per heavy atom. The molecule has 0 aromatic rings. The van der Waals surface area contributed by atoms with Crippen molar-refractivity contribution in [1.82, 2.24) is 5.32 Å². The van der Waals surface area contributed by atoms with Crippen molar-refractivity contribution in [2.75, 3.05) is 19.8 Å². The molecular formula is C10H16N2O2. The molecule has 0 radical (unpaired) electrons. The molecule has 0 aliphatic rings. The Kier molecular flexibility index (Phi) is 6.42. The van der Waals surface area contributed by atoms with Crippen LogP contribution in [-0.4, -0.2) is 25.7 Å². The Morgan fingerprint density at radius 3 is 2.86 bits per heavy atom. The number of ether oxygens (including phenoxy) is 1. The lowest BCUT2D eigenvalue weighted by Gasteiger charge is -2.06. The van der Waals surface area contributed by atoms with Crippen molar-refractivity contribution in [1.29, 1.82) is 5.26 Å². The van der Waals surface area contributed by atoms with Crippen LogP contribution in [-0.2, 0) is 9.53 Å². The summed E-state index contributed by atoms with van der Waals surface area (Å²) in [6, 6.07) is 1.86. The van der Waals surface area contributed by atoms with Gasteiger partial charge in [-0.25, -0.2) is 0 Å². The molecule has 0 heterocycles. The summed E-state index contributed by atoms with van der Waals surface area (Å²) in [5.41, 5.74) is 0.946. The number of amides is 1. The van der Waals surface area contributed by atoms with Gasteiger partial charge in [0.25, 0.3) is 0 Å². The second kappa shape index (κ2) is 7.10. The molecular weight excluding hydrogens is 180 g/mol. The molecule has 0 aliphatic heterocycles.